The average Bonchev–Trinajstić information content (AvgIpc) is 3.06. The van der Waals surface area contributed by atoms with Crippen molar-refractivity contribution in [2.75, 3.05) is 46.9 Å². The highest BCUT2D eigenvalue weighted by atomic mass is 16.5. The van der Waals surface area contributed by atoms with Gasteiger partial charge in [-0.25, -0.2) is 0 Å². The fourth-order valence-corrected chi connectivity index (χ4v) is 3.99. The van der Waals surface area contributed by atoms with Gasteiger partial charge < -0.3 is 14.5 Å². The Morgan fingerprint density at radius 2 is 2.20 bits per heavy atom. The number of likely N-dealkylation sites (tertiary alicyclic amines) is 2. The predicted molar refractivity (Wildman–Crippen MR) is 97.1 cm³/mol. The highest BCUT2D eigenvalue weighted by molar-refractivity contribution is 5.76. The molecule has 0 bridgehead atoms. The van der Waals surface area contributed by atoms with Crippen LogP contribution in [0.15, 0.2) is 24.4 Å². The van der Waals surface area contributed by atoms with Gasteiger partial charge in [-0.3, -0.25) is 14.7 Å². The van der Waals surface area contributed by atoms with Crippen LogP contribution in [-0.2, 0) is 16.1 Å². The van der Waals surface area contributed by atoms with Crippen molar-refractivity contribution in [3.63, 3.8) is 0 Å². The quantitative estimate of drug-likeness (QED) is 0.771. The van der Waals surface area contributed by atoms with E-state index in [2.05, 4.69) is 33.8 Å². The van der Waals surface area contributed by atoms with E-state index >= 15 is 0 Å². The molecule has 0 aliphatic carbocycles. The summed E-state index contributed by atoms with van der Waals surface area (Å²) in [6, 6.07) is 6.59. The molecule has 1 aromatic rings. The molecule has 25 heavy (non-hydrogen) atoms. The van der Waals surface area contributed by atoms with E-state index < -0.39 is 0 Å². The Hall–Kier alpha value is -1.50. The maximum absolute atomic E-state index is 11.9. The zero-order valence-electron chi connectivity index (χ0n) is 15.6. The van der Waals surface area contributed by atoms with Gasteiger partial charge in [0, 0.05) is 58.4 Å². The second-order valence-corrected chi connectivity index (χ2v) is 7.30. The van der Waals surface area contributed by atoms with Gasteiger partial charge in [-0.05, 0) is 25.1 Å². The summed E-state index contributed by atoms with van der Waals surface area (Å²) in [5, 5.41) is 0. The molecule has 138 valence electrons. The normalized spacial score (nSPS) is 27.2. The fraction of sp³-hybridized carbons (Fsp3) is 0.684. The van der Waals surface area contributed by atoms with Gasteiger partial charge in [0.1, 0.15) is 6.61 Å². The lowest BCUT2D eigenvalue weighted by Crippen LogP contribution is -2.51. The SMILES string of the molecule is CCN1C[C@H]2[C@@H](C1)N(Cc1ccccn1)CC[C@H]2OCC(=O)N(C)C. The molecule has 1 aromatic heterocycles. The molecule has 0 N–H and O–H groups in total. The lowest BCUT2D eigenvalue weighted by atomic mass is 9.89. The summed E-state index contributed by atoms with van der Waals surface area (Å²) in [7, 11) is 3.55. The molecule has 0 aromatic carbocycles. The molecule has 2 aliphatic heterocycles. The van der Waals surface area contributed by atoms with Gasteiger partial charge in [-0.15, -0.1) is 0 Å². The van der Waals surface area contributed by atoms with Crippen LogP contribution in [0.25, 0.3) is 0 Å². The standard InChI is InChI=1S/C19H30N4O2/c1-4-22-12-16-17(13-22)23(11-15-7-5-6-9-20-15)10-8-18(16)25-14-19(24)21(2)3/h5-7,9,16-18H,4,8,10-14H2,1-3H3/t16-,17+,18+/m0/s1. The van der Waals surface area contributed by atoms with E-state index in [-0.39, 0.29) is 18.6 Å². The van der Waals surface area contributed by atoms with Gasteiger partial charge in [0.25, 0.3) is 0 Å². The lowest BCUT2D eigenvalue weighted by Gasteiger charge is -2.41. The van der Waals surface area contributed by atoms with Crippen molar-refractivity contribution < 1.29 is 9.53 Å². The van der Waals surface area contributed by atoms with Gasteiger partial charge in [-0.2, -0.15) is 0 Å². The molecule has 3 heterocycles. The van der Waals surface area contributed by atoms with Crippen molar-refractivity contribution in [2.24, 2.45) is 5.92 Å². The maximum Gasteiger partial charge on any atom is 0.248 e. The monoisotopic (exact) mass is 346 g/mol. The van der Waals surface area contributed by atoms with Gasteiger partial charge >= 0.3 is 0 Å². The number of rotatable bonds is 6. The molecule has 2 saturated heterocycles. The highest BCUT2D eigenvalue weighted by Gasteiger charge is 2.44. The van der Waals surface area contributed by atoms with Crippen LogP contribution in [0.1, 0.15) is 19.0 Å². The van der Waals surface area contributed by atoms with Crippen LogP contribution in [0.4, 0.5) is 0 Å². The number of amides is 1. The minimum atomic E-state index is 0.0396. The third-order valence-electron chi connectivity index (χ3n) is 5.51. The number of hydrogen-bond acceptors (Lipinski definition) is 5. The molecule has 3 rings (SSSR count). The molecule has 2 aliphatic rings. The van der Waals surface area contributed by atoms with Crippen LogP contribution in [0, 0.1) is 5.92 Å². The zero-order chi connectivity index (χ0) is 17.8. The van der Waals surface area contributed by atoms with Crippen LogP contribution in [0.3, 0.4) is 0 Å². The van der Waals surface area contributed by atoms with Crippen LogP contribution >= 0.6 is 0 Å². The Morgan fingerprint density at radius 1 is 1.36 bits per heavy atom. The molecule has 1 amide bonds. The first-order valence-corrected chi connectivity index (χ1v) is 9.26. The van der Waals surface area contributed by atoms with Crippen LogP contribution in [0.2, 0.25) is 0 Å². The average molecular weight is 346 g/mol. The number of nitrogens with zero attached hydrogens (tertiary/aromatic N) is 4. The molecule has 2 fully saturated rings. The molecule has 3 atom stereocenters. The number of likely N-dealkylation sites (N-methyl/N-ethyl adjacent to an activating group) is 2. The number of carbonyl (C=O) groups excluding carboxylic acids is 1. The summed E-state index contributed by atoms with van der Waals surface area (Å²) in [5.41, 5.74) is 1.12. The van der Waals surface area contributed by atoms with Gasteiger partial charge in [0.05, 0.1) is 11.8 Å². The summed E-state index contributed by atoms with van der Waals surface area (Å²) >= 11 is 0. The van der Waals surface area contributed by atoms with E-state index in [1.165, 1.54) is 0 Å². The number of fused-ring (bicyclic) bond motifs is 1. The Morgan fingerprint density at radius 3 is 2.88 bits per heavy atom. The number of carbonyl (C=O) groups is 1. The largest absolute Gasteiger partial charge is 0.368 e. The van der Waals surface area contributed by atoms with Crippen molar-refractivity contribution in [1.82, 2.24) is 19.7 Å². The first-order chi connectivity index (χ1) is 12.1. The van der Waals surface area contributed by atoms with Gasteiger partial charge in [0.2, 0.25) is 5.91 Å². The molecule has 0 radical (unpaired) electrons. The number of aromatic nitrogens is 1. The molecule has 0 unspecified atom stereocenters. The lowest BCUT2D eigenvalue weighted by molar-refractivity contribution is -0.139. The van der Waals surface area contributed by atoms with Crippen LogP contribution in [0.5, 0.6) is 0 Å². The number of pyridine rings is 1. The Balaban J connectivity index is 1.65. The third kappa shape index (κ3) is 4.37. The summed E-state index contributed by atoms with van der Waals surface area (Å²) in [6.45, 7) is 7.49. The first-order valence-electron chi connectivity index (χ1n) is 9.26. The van der Waals surface area contributed by atoms with E-state index in [4.69, 9.17) is 4.74 Å². The third-order valence-corrected chi connectivity index (χ3v) is 5.51. The first kappa shape index (κ1) is 18.3. The molecule has 0 saturated carbocycles. The van der Waals surface area contributed by atoms with Crippen LogP contribution < -0.4 is 0 Å². The molecule has 0 spiro atoms. The van der Waals surface area contributed by atoms with E-state index in [1.807, 2.05) is 12.3 Å². The summed E-state index contributed by atoms with van der Waals surface area (Å²) in [6.07, 6.45) is 3.01. The van der Waals surface area contributed by atoms with Gasteiger partial charge in [-0.1, -0.05) is 13.0 Å². The number of piperidine rings is 1. The Bertz CT molecular complexity index is 566. The van der Waals surface area contributed by atoms with Crippen LogP contribution in [-0.4, -0.2) is 84.6 Å². The molecular weight excluding hydrogens is 316 g/mol. The summed E-state index contributed by atoms with van der Waals surface area (Å²) in [4.78, 5) is 23.0. The van der Waals surface area contributed by atoms with Gasteiger partial charge in [0.15, 0.2) is 0 Å². The van der Waals surface area contributed by atoms with Crippen molar-refractivity contribution in [2.45, 2.75) is 32.0 Å². The van der Waals surface area contributed by atoms with Crippen molar-refractivity contribution in [3.05, 3.63) is 30.1 Å². The van der Waals surface area contributed by atoms with Crippen molar-refractivity contribution >= 4 is 5.91 Å². The second-order valence-electron chi connectivity index (χ2n) is 7.30. The molecule has 6 heteroatoms. The minimum absolute atomic E-state index is 0.0396. The smallest absolute Gasteiger partial charge is 0.248 e. The minimum Gasteiger partial charge on any atom is -0.368 e. The fourth-order valence-electron chi connectivity index (χ4n) is 3.99. The number of ether oxygens (including phenoxy) is 1. The van der Waals surface area contributed by atoms with E-state index in [0.717, 1.165) is 44.8 Å². The zero-order valence-corrected chi connectivity index (χ0v) is 15.6. The summed E-state index contributed by atoms with van der Waals surface area (Å²) < 4.78 is 6.05. The summed E-state index contributed by atoms with van der Waals surface area (Å²) in [5.74, 6) is 0.505. The highest BCUT2D eigenvalue weighted by Crippen LogP contribution is 2.33. The van der Waals surface area contributed by atoms with E-state index in [1.54, 1.807) is 19.0 Å². The second kappa shape index (κ2) is 8.25. The van der Waals surface area contributed by atoms with E-state index in [9.17, 15) is 4.79 Å². The predicted octanol–water partition coefficient (Wildman–Crippen LogP) is 1.08. The Kier molecular flexibility index (Phi) is 6.04. The number of hydrogen-bond donors (Lipinski definition) is 0. The topological polar surface area (TPSA) is 48.9 Å². The molecule has 6 nitrogen and oxygen atoms in total. The molecular formula is C19H30N4O2. The van der Waals surface area contributed by atoms with E-state index in [0.29, 0.717) is 12.0 Å². The maximum atomic E-state index is 11.9. The van der Waals surface area contributed by atoms with Crippen molar-refractivity contribution in [3.8, 4) is 0 Å². The Labute approximate surface area is 150 Å². The van der Waals surface area contributed by atoms with Crippen molar-refractivity contribution in [1.29, 1.82) is 0 Å².